The van der Waals surface area contributed by atoms with Crippen LogP contribution in [0, 0.1) is 0 Å². The Kier molecular flexibility index (Phi) is 5.14. The van der Waals surface area contributed by atoms with E-state index >= 15 is 0 Å². The van der Waals surface area contributed by atoms with Crippen LogP contribution in [0.15, 0.2) is 24.3 Å². The number of para-hydroxylation sites is 1. The van der Waals surface area contributed by atoms with Crippen LogP contribution in [0.1, 0.15) is 18.4 Å². The lowest BCUT2D eigenvalue weighted by molar-refractivity contribution is 0.155. The Labute approximate surface area is 109 Å². The van der Waals surface area contributed by atoms with Gasteiger partial charge < -0.3 is 9.64 Å². The number of nitrogens with zero attached hydrogens (tertiary/aromatic N) is 1. The van der Waals surface area contributed by atoms with E-state index in [4.69, 9.17) is 16.3 Å². The second kappa shape index (κ2) is 6.87. The first kappa shape index (κ1) is 12.7. The molecule has 0 bridgehead atoms. The molecular formula is C14H20ClNO. The molecule has 1 heterocycles. The molecule has 0 fully saturated rings. The smallest absolute Gasteiger partial charge is 0.0642 e. The number of aryl methyl sites for hydroxylation is 1. The molecule has 1 aromatic carbocycles. The van der Waals surface area contributed by atoms with Gasteiger partial charge in [0.05, 0.1) is 13.2 Å². The third-order valence-electron chi connectivity index (χ3n) is 3.18. The molecule has 2 rings (SSSR count). The summed E-state index contributed by atoms with van der Waals surface area (Å²) < 4.78 is 5.47. The van der Waals surface area contributed by atoms with Gasteiger partial charge in [-0.25, -0.2) is 0 Å². The van der Waals surface area contributed by atoms with Crippen molar-refractivity contribution in [2.45, 2.75) is 19.3 Å². The maximum absolute atomic E-state index is 5.59. The molecule has 0 aromatic heterocycles. The van der Waals surface area contributed by atoms with Crippen LogP contribution in [0.5, 0.6) is 0 Å². The van der Waals surface area contributed by atoms with Crippen molar-refractivity contribution in [1.82, 2.24) is 0 Å². The van der Waals surface area contributed by atoms with Crippen LogP contribution in [0.2, 0.25) is 0 Å². The van der Waals surface area contributed by atoms with Crippen LogP contribution in [0.3, 0.4) is 0 Å². The van der Waals surface area contributed by atoms with Gasteiger partial charge in [0, 0.05) is 24.7 Å². The molecule has 0 radical (unpaired) electrons. The Balaban J connectivity index is 1.97. The number of rotatable bonds is 5. The standard InChI is InChI=1S/C14H20ClNO/c15-8-11-17-12-10-16-9-4-3-6-13-5-1-2-7-14(13)16/h1-2,5,7H,3-4,6,8-12H2. The summed E-state index contributed by atoms with van der Waals surface area (Å²) in [6.45, 7) is 3.52. The van der Waals surface area contributed by atoms with E-state index in [-0.39, 0.29) is 0 Å². The summed E-state index contributed by atoms with van der Waals surface area (Å²) >= 11 is 5.59. The Morgan fingerprint density at radius 2 is 2.06 bits per heavy atom. The zero-order chi connectivity index (χ0) is 11.9. The van der Waals surface area contributed by atoms with Gasteiger partial charge in [0.15, 0.2) is 0 Å². The largest absolute Gasteiger partial charge is 0.378 e. The second-order valence-electron chi connectivity index (χ2n) is 4.37. The fourth-order valence-electron chi connectivity index (χ4n) is 2.33. The summed E-state index contributed by atoms with van der Waals surface area (Å²) in [7, 11) is 0. The fraction of sp³-hybridized carbons (Fsp3) is 0.571. The molecule has 2 nitrogen and oxygen atoms in total. The number of benzene rings is 1. The van der Waals surface area contributed by atoms with Crippen molar-refractivity contribution in [1.29, 1.82) is 0 Å². The predicted octanol–water partition coefficient (Wildman–Crippen LogP) is 3.08. The van der Waals surface area contributed by atoms with Crippen molar-refractivity contribution in [2.24, 2.45) is 0 Å². The first-order chi connectivity index (χ1) is 8.42. The molecule has 0 atom stereocenters. The summed E-state index contributed by atoms with van der Waals surface area (Å²) in [6, 6.07) is 8.72. The first-order valence-electron chi connectivity index (χ1n) is 6.38. The van der Waals surface area contributed by atoms with Gasteiger partial charge >= 0.3 is 0 Å². The Morgan fingerprint density at radius 3 is 2.94 bits per heavy atom. The van der Waals surface area contributed by atoms with Crippen molar-refractivity contribution in [3.63, 3.8) is 0 Å². The van der Waals surface area contributed by atoms with E-state index in [0.29, 0.717) is 12.5 Å². The Morgan fingerprint density at radius 1 is 1.18 bits per heavy atom. The molecule has 17 heavy (non-hydrogen) atoms. The predicted molar refractivity (Wildman–Crippen MR) is 73.1 cm³/mol. The van der Waals surface area contributed by atoms with Crippen molar-refractivity contribution in [3.8, 4) is 0 Å². The first-order valence-corrected chi connectivity index (χ1v) is 6.92. The molecule has 1 aliphatic heterocycles. The molecular weight excluding hydrogens is 234 g/mol. The number of hydrogen-bond donors (Lipinski definition) is 0. The number of halogens is 1. The number of anilines is 1. The van der Waals surface area contributed by atoms with Crippen molar-refractivity contribution < 1.29 is 4.74 Å². The van der Waals surface area contributed by atoms with E-state index in [2.05, 4.69) is 29.2 Å². The summed E-state index contributed by atoms with van der Waals surface area (Å²) in [6.07, 6.45) is 3.76. The lowest BCUT2D eigenvalue weighted by atomic mass is 10.1. The van der Waals surface area contributed by atoms with Crippen LogP contribution >= 0.6 is 11.6 Å². The van der Waals surface area contributed by atoms with E-state index < -0.39 is 0 Å². The highest BCUT2D eigenvalue weighted by Crippen LogP contribution is 2.25. The molecule has 0 saturated carbocycles. The molecule has 1 aromatic rings. The average Bonchev–Trinajstić information content (AvgIpc) is 2.57. The van der Waals surface area contributed by atoms with Gasteiger partial charge in [-0.3, -0.25) is 0 Å². The molecule has 0 saturated heterocycles. The molecule has 1 aliphatic rings. The van der Waals surface area contributed by atoms with Crippen LogP contribution in [0.25, 0.3) is 0 Å². The minimum Gasteiger partial charge on any atom is -0.378 e. The molecule has 0 aliphatic carbocycles. The van der Waals surface area contributed by atoms with Gasteiger partial charge in [-0.05, 0) is 30.9 Å². The van der Waals surface area contributed by atoms with E-state index in [1.54, 1.807) is 0 Å². The molecule has 0 unspecified atom stereocenters. The van der Waals surface area contributed by atoms with E-state index in [0.717, 1.165) is 19.7 Å². The average molecular weight is 254 g/mol. The summed E-state index contributed by atoms with van der Waals surface area (Å²) in [5.74, 6) is 0.580. The third-order valence-corrected chi connectivity index (χ3v) is 3.34. The van der Waals surface area contributed by atoms with Gasteiger partial charge in [0.25, 0.3) is 0 Å². The fourth-order valence-corrected chi connectivity index (χ4v) is 2.44. The highest BCUT2D eigenvalue weighted by atomic mass is 35.5. The van der Waals surface area contributed by atoms with E-state index in [1.165, 1.54) is 30.5 Å². The lowest BCUT2D eigenvalue weighted by Gasteiger charge is -2.24. The Hall–Kier alpha value is -0.730. The molecule has 94 valence electrons. The monoisotopic (exact) mass is 253 g/mol. The van der Waals surface area contributed by atoms with Crippen LogP contribution in [0.4, 0.5) is 5.69 Å². The minimum atomic E-state index is 0.580. The summed E-state index contributed by atoms with van der Waals surface area (Å²) in [4.78, 5) is 2.44. The van der Waals surface area contributed by atoms with Crippen molar-refractivity contribution >= 4 is 17.3 Å². The van der Waals surface area contributed by atoms with Crippen LogP contribution < -0.4 is 4.90 Å². The van der Waals surface area contributed by atoms with Crippen LogP contribution in [-0.4, -0.2) is 32.2 Å². The normalized spacial score (nSPS) is 15.5. The SMILES string of the molecule is ClCCOCCN1CCCCc2ccccc21. The third kappa shape index (κ3) is 3.62. The molecule has 3 heteroatoms. The lowest BCUT2D eigenvalue weighted by Crippen LogP contribution is -2.28. The minimum absolute atomic E-state index is 0.580. The number of ether oxygens (including phenoxy) is 1. The second-order valence-corrected chi connectivity index (χ2v) is 4.75. The van der Waals surface area contributed by atoms with E-state index in [1.807, 2.05) is 0 Å². The number of alkyl halides is 1. The molecule has 0 amide bonds. The summed E-state index contributed by atoms with van der Waals surface area (Å²) in [5, 5.41) is 0. The van der Waals surface area contributed by atoms with Gasteiger partial charge in [0.1, 0.15) is 0 Å². The van der Waals surface area contributed by atoms with Gasteiger partial charge in [-0.15, -0.1) is 11.6 Å². The number of fused-ring (bicyclic) bond motifs is 1. The van der Waals surface area contributed by atoms with Gasteiger partial charge in [0.2, 0.25) is 0 Å². The topological polar surface area (TPSA) is 12.5 Å². The maximum Gasteiger partial charge on any atom is 0.0642 e. The highest BCUT2D eigenvalue weighted by molar-refractivity contribution is 6.17. The van der Waals surface area contributed by atoms with Crippen LogP contribution in [-0.2, 0) is 11.2 Å². The molecule has 0 N–H and O–H groups in total. The maximum atomic E-state index is 5.59. The number of hydrogen-bond acceptors (Lipinski definition) is 2. The zero-order valence-electron chi connectivity index (χ0n) is 10.2. The summed E-state index contributed by atoms with van der Waals surface area (Å²) in [5.41, 5.74) is 2.86. The van der Waals surface area contributed by atoms with Gasteiger partial charge in [-0.1, -0.05) is 18.2 Å². The quantitative estimate of drug-likeness (QED) is 0.591. The van der Waals surface area contributed by atoms with E-state index in [9.17, 15) is 0 Å². The highest BCUT2D eigenvalue weighted by Gasteiger charge is 2.13. The van der Waals surface area contributed by atoms with Gasteiger partial charge in [-0.2, -0.15) is 0 Å². The zero-order valence-corrected chi connectivity index (χ0v) is 11.0. The van der Waals surface area contributed by atoms with Crippen molar-refractivity contribution in [3.05, 3.63) is 29.8 Å². The Bertz CT molecular complexity index is 343. The molecule has 0 spiro atoms. The van der Waals surface area contributed by atoms with Crippen molar-refractivity contribution in [2.75, 3.05) is 37.1 Å².